The summed E-state index contributed by atoms with van der Waals surface area (Å²) in [6, 6.07) is 11.0. The molecular weight excluding hydrogens is 410 g/mol. The number of nitrogens with one attached hydrogen (secondary N) is 1. The molecule has 0 spiro atoms. The Bertz CT molecular complexity index is 1180. The minimum atomic E-state index is -3.54. The fourth-order valence-electron chi connectivity index (χ4n) is 3.74. The summed E-state index contributed by atoms with van der Waals surface area (Å²) in [6.45, 7) is 6.83. The summed E-state index contributed by atoms with van der Waals surface area (Å²) >= 11 is 0. The van der Waals surface area contributed by atoms with Crippen LogP contribution < -0.4 is 5.32 Å². The van der Waals surface area contributed by atoms with Crippen molar-refractivity contribution in [3.05, 3.63) is 71.2 Å². The summed E-state index contributed by atoms with van der Waals surface area (Å²) in [6.07, 6.45) is 5.16. The summed E-state index contributed by atoms with van der Waals surface area (Å²) in [5.74, 6) is 1.15. The third-order valence-corrected chi connectivity index (χ3v) is 7.61. The number of aromatic nitrogens is 3. The van der Waals surface area contributed by atoms with Gasteiger partial charge in [-0.25, -0.2) is 23.4 Å². The summed E-state index contributed by atoms with van der Waals surface area (Å²) < 4.78 is 28.1. The highest BCUT2D eigenvalue weighted by molar-refractivity contribution is 7.89. The van der Waals surface area contributed by atoms with Crippen LogP contribution in [0.25, 0.3) is 0 Å². The zero-order valence-corrected chi connectivity index (χ0v) is 18.9. The highest BCUT2D eigenvalue weighted by Crippen LogP contribution is 2.30. The van der Waals surface area contributed by atoms with E-state index in [1.165, 1.54) is 0 Å². The van der Waals surface area contributed by atoms with E-state index in [9.17, 15) is 8.42 Å². The zero-order chi connectivity index (χ0) is 22.0. The third-order valence-electron chi connectivity index (χ3n) is 5.75. The number of pyridine rings is 1. The number of hydrogen-bond donors (Lipinski definition) is 1. The van der Waals surface area contributed by atoms with Crippen LogP contribution in [0.4, 0.5) is 11.8 Å². The lowest BCUT2D eigenvalue weighted by Crippen LogP contribution is -2.39. The maximum atomic E-state index is 13.2. The Morgan fingerprint density at radius 3 is 2.61 bits per heavy atom. The lowest BCUT2D eigenvalue weighted by atomic mass is 9.96. The molecule has 0 amide bonds. The summed E-state index contributed by atoms with van der Waals surface area (Å²) in [7, 11) is -3.54. The van der Waals surface area contributed by atoms with Crippen molar-refractivity contribution in [2.75, 3.05) is 18.4 Å². The molecule has 1 saturated heterocycles. The Hall–Kier alpha value is -2.84. The van der Waals surface area contributed by atoms with Crippen molar-refractivity contribution < 1.29 is 8.42 Å². The average molecular weight is 438 g/mol. The van der Waals surface area contributed by atoms with Gasteiger partial charge in [0.05, 0.1) is 10.6 Å². The number of rotatable bonds is 5. The van der Waals surface area contributed by atoms with Crippen LogP contribution in [0.1, 0.15) is 41.1 Å². The van der Waals surface area contributed by atoms with Crippen molar-refractivity contribution in [3.63, 3.8) is 0 Å². The predicted molar refractivity (Wildman–Crippen MR) is 121 cm³/mol. The summed E-state index contributed by atoms with van der Waals surface area (Å²) in [4.78, 5) is 13.6. The SMILES string of the molecule is Cc1ccc(Nc2nccc([C@H]3CCCN(S(=O)(=O)c4ccc(C)c(C)c4)C3)n2)nc1. The van der Waals surface area contributed by atoms with Crippen LogP contribution in [0.15, 0.2) is 53.7 Å². The molecule has 1 fully saturated rings. The molecule has 31 heavy (non-hydrogen) atoms. The van der Waals surface area contributed by atoms with E-state index >= 15 is 0 Å². The van der Waals surface area contributed by atoms with Gasteiger partial charge in [-0.1, -0.05) is 12.1 Å². The minimum Gasteiger partial charge on any atom is -0.309 e. The van der Waals surface area contributed by atoms with Crippen molar-refractivity contribution in [2.45, 2.75) is 44.4 Å². The monoisotopic (exact) mass is 437 g/mol. The third kappa shape index (κ3) is 4.75. The number of nitrogens with zero attached hydrogens (tertiary/aromatic N) is 4. The van der Waals surface area contributed by atoms with E-state index in [1.54, 1.807) is 28.8 Å². The average Bonchev–Trinajstić information content (AvgIpc) is 2.77. The molecule has 7 nitrogen and oxygen atoms in total. The van der Waals surface area contributed by atoms with Crippen LogP contribution in [0.5, 0.6) is 0 Å². The van der Waals surface area contributed by atoms with Gasteiger partial charge in [0, 0.05) is 31.4 Å². The summed E-state index contributed by atoms with van der Waals surface area (Å²) in [5, 5.41) is 3.12. The molecule has 0 saturated carbocycles. The molecule has 0 unspecified atom stereocenters. The highest BCUT2D eigenvalue weighted by Gasteiger charge is 2.31. The maximum Gasteiger partial charge on any atom is 0.243 e. The maximum absolute atomic E-state index is 13.2. The minimum absolute atomic E-state index is 0.0181. The molecular formula is C23H27N5O2S. The Labute approximate surface area is 183 Å². The first-order chi connectivity index (χ1) is 14.8. The van der Waals surface area contributed by atoms with Gasteiger partial charge in [-0.2, -0.15) is 4.31 Å². The van der Waals surface area contributed by atoms with Crippen molar-refractivity contribution in [3.8, 4) is 0 Å². The normalized spacial score (nSPS) is 17.5. The molecule has 2 aromatic heterocycles. The molecule has 1 N–H and O–H groups in total. The molecule has 1 atom stereocenters. The molecule has 4 rings (SSSR count). The Kier molecular flexibility index (Phi) is 6.02. The Morgan fingerprint density at radius 2 is 1.87 bits per heavy atom. The fourth-order valence-corrected chi connectivity index (χ4v) is 5.35. The van der Waals surface area contributed by atoms with Crippen molar-refractivity contribution in [1.29, 1.82) is 0 Å². The molecule has 8 heteroatoms. The van der Waals surface area contributed by atoms with Crippen LogP contribution in [0.3, 0.4) is 0 Å². The standard InChI is InChI=1S/C23H27N5O2S/c1-16-6-9-22(25-14-16)27-23-24-11-10-21(26-23)19-5-4-12-28(15-19)31(29,30)20-8-7-17(2)18(3)13-20/h6-11,13-14,19H,4-5,12,15H2,1-3H3,(H,24,25,26,27)/t19-/m0/s1. The van der Waals surface area contributed by atoms with Crippen molar-refractivity contribution in [2.24, 2.45) is 0 Å². The first-order valence-electron chi connectivity index (χ1n) is 10.4. The van der Waals surface area contributed by atoms with E-state index in [1.807, 2.05) is 45.0 Å². The van der Waals surface area contributed by atoms with E-state index in [4.69, 9.17) is 0 Å². The number of hydrogen-bond acceptors (Lipinski definition) is 6. The molecule has 3 aromatic rings. The molecule has 3 heterocycles. The van der Waals surface area contributed by atoms with Crippen molar-refractivity contribution in [1.82, 2.24) is 19.3 Å². The van der Waals surface area contributed by atoms with Gasteiger partial charge >= 0.3 is 0 Å². The molecule has 1 aliphatic heterocycles. The topological polar surface area (TPSA) is 88.1 Å². The van der Waals surface area contributed by atoms with Crippen LogP contribution in [0.2, 0.25) is 0 Å². The largest absolute Gasteiger partial charge is 0.309 e. The Morgan fingerprint density at radius 1 is 1.03 bits per heavy atom. The predicted octanol–water partition coefficient (Wildman–Crippen LogP) is 4.11. The van der Waals surface area contributed by atoms with Gasteiger partial charge in [-0.05, 0) is 74.6 Å². The van der Waals surface area contributed by atoms with Crippen LogP contribution >= 0.6 is 0 Å². The van der Waals surface area contributed by atoms with Gasteiger partial charge in [0.25, 0.3) is 0 Å². The molecule has 162 valence electrons. The lowest BCUT2D eigenvalue weighted by molar-refractivity contribution is 0.312. The van der Waals surface area contributed by atoms with Crippen LogP contribution in [-0.2, 0) is 10.0 Å². The first-order valence-corrected chi connectivity index (χ1v) is 11.9. The number of aryl methyl sites for hydroxylation is 3. The molecule has 0 radical (unpaired) electrons. The molecule has 1 aliphatic rings. The van der Waals surface area contributed by atoms with Gasteiger partial charge < -0.3 is 5.32 Å². The lowest BCUT2D eigenvalue weighted by Gasteiger charge is -2.31. The second-order valence-corrected chi connectivity index (χ2v) is 10.0. The fraction of sp³-hybridized carbons (Fsp3) is 0.348. The molecule has 1 aromatic carbocycles. The van der Waals surface area contributed by atoms with Gasteiger partial charge in [-0.3, -0.25) is 0 Å². The number of piperidine rings is 1. The molecule has 0 aliphatic carbocycles. The van der Waals surface area contributed by atoms with Crippen LogP contribution in [-0.4, -0.2) is 40.8 Å². The van der Waals surface area contributed by atoms with E-state index in [0.717, 1.165) is 35.2 Å². The number of benzene rings is 1. The Balaban J connectivity index is 1.53. The second-order valence-electron chi connectivity index (χ2n) is 8.10. The van der Waals surface area contributed by atoms with Gasteiger partial charge in [0.2, 0.25) is 16.0 Å². The van der Waals surface area contributed by atoms with Gasteiger partial charge in [0.1, 0.15) is 5.82 Å². The molecule has 0 bridgehead atoms. The van der Waals surface area contributed by atoms with E-state index in [0.29, 0.717) is 29.8 Å². The highest BCUT2D eigenvalue weighted by atomic mass is 32.2. The smallest absolute Gasteiger partial charge is 0.243 e. The van der Waals surface area contributed by atoms with Gasteiger partial charge in [0.15, 0.2) is 0 Å². The van der Waals surface area contributed by atoms with E-state index in [-0.39, 0.29) is 5.92 Å². The van der Waals surface area contributed by atoms with E-state index < -0.39 is 10.0 Å². The van der Waals surface area contributed by atoms with E-state index in [2.05, 4.69) is 20.3 Å². The van der Waals surface area contributed by atoms with Crippen LogP contribution in [0, 0.1) is 20.8 Å². The zero-order valence-electron chi connectivity index (χ0n) is 18.0. The number of anilines is 2. The number of sulfonamides is 1. The van der Waals surface area contributed by atoms with Gasteiger partial charge in [-0.15, -0.1) is 0 Å². The summed E-state index contributed by atoms with van der Waals surface area (Å²) in [5.41, 5.74) is 3.97. The second kappa shape index (κ2) is 8.72. The quantitative estimate of drug-likeness (QED) is 0.646. The first kappa shape index (κ1) is 21.4. The van der Waals surface area contributed by atoms with Crippen molar-refractivity contribution >= 4 is 21.8 Å².